The highest BCUT2D eigenvalue weighted by molar-refractivity contribution is 5.73. The van der Waals surface area contributed by atoms with Crippen LogP contribution in [0.4, 0.5) is 0 Å². The number of rotatable bonds is 7. The van der Waals surface area contributed by atoms with E-state index in [1.54, 1.807) is 0 Å². The zero-order chi connectivity index (χ0) is 14.5. The van der Waals surface area contributed by atoms with Crippen LogP contribution in [-0.2, 0) is 4.79 Å². The minimum absolute atomic E-state index is 0.646. The van der Waals surface area contributed by atoms with Gasteiger partial charge in [-0.25, -0.2) is 0 Å². The van der Waals surface area contributed by atoms with Crippen molar-refractivity contribution in [3.05, 3.63) is 0 Å². The van der Waals surface area contributed by atoms with Crippen LogP contribution >= 0.6 is 0 Å². The van der Waals surface area contributed by atoms with Crippen LogP contribution in [0.3, 0.4) is 0 Å². The first kappa shape index (κ1) is 16.4. The number of hydrogen-bond acceptors (Lipinski definition) is 3. The molecule has 1 fully saturated rings. The predicted octanol–water partition coefficient (Wildman–Crippen LogP) is 2.05. The van der Waals surface area contributed by atoms with E-state index in [4.69, 9.17) is 0 Å². The summed E-state index contributed by atoms with van der Waals surface area (Å²) in [6.07, 6.45) is 2.44. The largest absolute Gasteiger partial charge is 0.481 e. The number of hydrogen-bond donors (Lipinski definition) is 2. The van der Waals surface area contributed by atoms with Crippen molar-refractivity contribution in [2.24, 2.45) is 17.3 Å². The Morgan fingerprint density at radius 1 is 1.47 bits per heavy atom. The van der Waals surface area contributed by atoms with E-state index in [1.807, 2.05) is 13.8 Å². The average molecular weight is 270 g/mol. The fraction of sp³-hybridized carbons (Fsp3) is 0.933. The molecule has 2 N–H and O–H groups in total. The molecule has 0 saturated carbocycles. The lowest BCUT2D eigenvalue weighted by Crippen LogP contribution is -2.46. The third-order valence-corrected chi connectivity index (χ3v) is 3.79. The van der Waals surface area contributed by atoms with Crippen molar-refractivity contribution < 1.29 is 9.90 Å². The van der Waals surface area contributed by atoms with Gasteiger partial charge in [0, 0.05) is 13.1 Å². The summed E-state index contributed by atoms with van der Waals surface area (Å²) in [6, 6.07) is 0. The Balaban J connectivity index is 2.35. The van der Waals surface area contributed by atoms with Gasteiger partial charge in [-0.05, 0) is 58.2 Å². The summed E-state index contributed by atoms with van der Waals surface area (Å²) in [5.74, 6) is 0.648. The number of aliphatic carboxylic acids is 1. The lowest BCUT2D eigenvalue weighted by molar-refractivity contribution is -0.148. The molecule has 1 rings (SSSR count). The summed E-state index contributed by atoms with van der Waals surface area (Å²) in [5.41, 5.74) is -0.646. The molecule has 0 spiro atoms. The molecule has 112 valence electrons. The molecular formula is C15H30N2O2. The van der Waals surface area contributed by atoms with E-state index in [0.29, 0.717) is 18.4 Å². The van der Waals surface area contributed by atoms with Gasteiger partial charge in [-0.1, -0.05) is 13.8 Å². The Morgan fingerprint density at radius 3 is 2.74 bits per heavy atom. The normalized spacial score (nSPS) is 21.8. The monoisotopic (exact) mass is 270 g/mol. The second-order valence-corrected chi connectivity index (χ2v) is 6.98. The molecule has 0 aliphatic carbocycles. The van der Waals surface area contributed by atoms with Crippen molar-refractivity contribution in [3.8, 4) is 0 Å². The SMILES string of the molecule is CC(C)CNCC1CCCN(CC(C)(C)C(=O)O)C1. The van der Waals surface area contributed by atoms with Gasteiger partial charge in [0.2, 0.25) is 0 Å². The van der Waals surface area contributed by atoms with E-state index in [1.165, 1.54) is 12.8 Å². The number of nitrogens with one attached hydrogen (secondary N) is 1. The molecule has 0 amide bonds. The van der Waals surface area contributed by atoms with Gasteiger partial charge in [-0.2, -0.15) is 0 Å². The zero-order valence-corrected chi connectivity index (χ0v) is 12.9. The first-order valence-electron chi connectivity index (χ1n) is 7.47. The second kappa shape index (κ2) is 7.25. The van der Waals surface area contributed by atoms with Crippen molar-refractivity contribution in [2.75, 3.05) is 32.7 Å². The van der Waals surface area contributed by atoms with E-state index >= 15 is 0 Å². The Kier molecular flexibility index (Phi) is 6.27. The average Bonchev–Trinajstić information content (AvgIpc) is 2.28. The molecule has 1 heterocycles. The minimum atomic E-state index is -0.701. The number of likely N-dealkylation sites (tertiary alicyclic amines) is 1. The van der Waals surface area contributed by atoms with Gasteiger partial charge in [0.05, 0.1) is 5.41 Å². The van der Waals surface area contributed by atoms with Crippen molar-refractivity contribution in [1.82, 2.24) is 10.2 Å². The van der Waals surface area contributed by atoms with E-state index in [2.05, 4.69) is 24.1 Å². The molecule has 1 aliphatic heterocycles. The predicted molar refractivity (Wildman–Crippen MR) is 78.3 cm³/mol. The maximum Gasteiger partial charge on any atom is 0.310 e. The van der Waals surface area contributed by atoms with Gasteiger partial charge in [0.15, 0.2) is 0 Å². The standard InChI is InChI=1S/C15H30N2O2/c1-12(2)8-16-9-13-6-5-7-17(10-13)11-15(3,4)14(18)19/h12-13,16H,5-11H2,1-4H3,(H,18,19). The number of nitrogens with zero attached hydrogens (tertiary/aromatic N) is 1. The Labute approximate surface area is 117 Å². The van der Waals surface area contributed by atoms with Crippen molar-refractivity contribution in [1.29, 1.82) is 0 Å². The highest BCUT2D eigenvalue weighted by Gasteiger charge is 2.31. The first-order valence-corrected chi connectivity index (χ1v) is 7.47. The molecule has 1 saturated heterocycles. The number of carboxylic acids is 1. The van der Waals surface area contributed by atoms with Crippen LogP contribution in [0.15, 0.2) is 0 Å². The van der Waals surface area contributed by atoms with E-state index in [-0.39, 0.29) is 0 Å². The molecule has 1 atom stereocenters. The van der Waals surface area contributed by atoms with Gasteiger partial charge < -0.3 is 15.3 Å². The molecule has 19 heavy (non-hydrogen) atoms. The van der Waals surface area contributed by atoms with Gasteiger partial charge in [-0.3, -0.25) is 4.79 Å². The molecule has 1 unspecified atom stereocenters. The molecule has 0 aromatic heterocycles. The highest BCUT2D eigenvalue weighted by atomic mass is 16.4. The lowest BCUT2D eigenvalue weighted by atomic mass is 9.90. The summed E-state index contributed by atoms with van der Waals surface area (Å²) < 4.78 is 0. The van der Waals surface area contributed by atoms with Gasteiger partial charge in [0.25, 0.3) is 0 Å². The number of carboxylic acid groups (broad SMARTS) is 1. The Bertz CT molecular complexity index is 290. The number of carbonyl (C=O) groups is 1. The van der Waals surface area contributed by atoms with Crippen molar-refractivity contribution >= 4 is 5.97 Å². The van der Waals surface area contributed by atoms with Gasteiger partial charge in [0.1, 0.15) is 0 Å². The Hall–Kier alpha value is -0.610. The zero-order valence-electron chi connectivity index (χ0n) is 12.9. The van der Waals surface area contributed by atoms with Crippen LogP contribution in [0.5, 0.6) is 0 Å². The maximum absolute atomic E-state index is 11.2. The fourth-order valence-electron chi connectivity index (χ4n) is 2.66. The number of piperidine rings is 1. The molecule has 4 nitrogen and oxygen atoms in total. The van der Waals surface area contributed by atoms with E-state index in [0.717, 1.165) is 26.2 Å². The molecule has 0 radical (unpaired) electrons. The molecule has 0 aromatic rings. The molecule has 0 aromatic carbocycles. The van der Waals surface area contributed by atoms with Crippen LogP contribution in [0.2, 0.25) is 0 Å². The summed E-state index contributed by atoms with van der Waals surface area (Å²) in [7, 11) is 0. The molecule has 4 heteroatoms. The van der Waals surface area contributed by atoms with E-state index in [9.17, 15) is 9.90 Å². The maximum atomic E-state index is 11.2. The molecule has 1 aliphatic rings. The van der Waals surface area contributed by atoms with Gasteiger partial charge in [-0.15, -0.1) is 0 Å². The van der Waals surface area contributed by atoms with E-state index < -0.39 is 11.4 Å². The first-order chi connectivity index (χ1) is 8.81. The second-order valence-electron chi connectivity index (χ2n) is 6.98. The quantitative estimate of drug-likeness (QED) is 0.743. The van der Waals surface area contributed by atoms with Crippen LogP contribution < -0.4 is 5.32 Å². The minimum Gasteiger partial charge on any atom is -0.481 e. The summed E-state index contributed by atoms with van der Waals surface area (Å²) in [5, 5.41) is 12.7. The topological polar surface area (TPSA) is 52.6 Å². The summed E-state index contributed by atoms with van der Waals surface area (Å²) in [6.45, 7) is 12.9. The molecular weight excluding hydrogens is 240 g/mol. The highest BCUT2D eigenvalue weighted by Crippen LogP contribution is 2.22. The summed E-state index contributed by atoms with van der Waals surface area (Å²) in [4.78, 5) is 13.5. The van der Waals surface area contributed by atoms with Crippen LogP contribution in [0.1, 0.15) is 40.5 Å². The van der Waals surface area contributed by atoms with Gasteiger partial charge >= 0.3 is 5.97 Å². The van der Waals surface area contributed by atoms with Crippen LogP contribution in [-0.4, -0.2) is 48.7 Å². The smallest absolute Gasteiger partial charge is 0.310 e. The summed E-state index contributed by atoms with van der Waals surface area (Å²) >= 11 is 0. The third kappa shape index (κ3) is 5.91. The lowest BCUT2D eigenvalue weighted by Gasteiger charge is -2.36. The van der Waals surface area contributed by atoms with Crippen LogP contribution in [0, 0.1) is 17.3 Å². The van der Waals surface area contributed by atoms with Crippen LogP contribution in [0.25, 0.3) is 0 Å². The third-order valence-electron chi connectivity index (χ3n) is 3.79. The van der Waals surface area contributed by atoms with Crippen molar-refractivity contribution in [3.63, 3.8) is 0 Å². The molecule has 0 bridgehead atoms. The van der Waals surface area contributed by atoms with Crippen molar-refractivity contribution in [2.45, 2.75) is 40.5 Å². The fourth-order valence-corrected chi connectivity index (χ4v) is 2.66. The Morgan fingerprint density at radius 2 is 2.16 bits per heavy atom.